The number of anilines is 1. The Kier molecular flexibility index (Phi) is 4.81. The number of benzene rings is 1. The average molecular weight is 221 g/mol. The van der Waals surface area contributed by atoms with Crippen LogP contribution in [0.1, 0.15) is 45.8 Å². The molecule has 2 heteroatoms. The smallest absolute Gasteiger partial charge is 0.0781 e. The quantitative estimate of drug-likeness (QED) is 0.824. The highest BCUT2D eigenvalue weighted by molar-refractivity contribution is 5.55. The minimum absolute atomic E-state index is 0.408. The van der Waals surface area contributed by atoms with Crippen molar-refractivity contribution in [1.82, 2.24) is 0 Å². The minimum Gasteiger partial charge on any atom is -0.389 e. The van der Waals surface area contributed by atoms with Crippen molar-refractivity contribution < 1.29 is 5.11 Å². The lowest BCUT2D eigenvalue weighted by Gasteiger charge is -2.31. The van der Waals surface area contributed by atoms with Crippen molar-refractivity contribution in [1.29, 1.82) is 0 Å². The molecule has 0 aliphatic carbocycles. The number of hydrogen-bond donors (Lipinski definition) is 1. The second-order valence-corrected chi connectivity index (χ2v) is 4.52. The Hall–Kier alpha value is -1.02. The van der Waals surface area contributed by atoms with Crippen LogP contribution in [0.4, 0.5) is 5.69 Å². The molecule has 0 aliphatic heterocycles. The maximum atomic E-state index is 9.78. The van der Waals surface area contributed by atoms with E-state index in [4.69, 9.17) is 0 Å². The van der Waals surface area contributed by atoms with Crippen LogP contribution >= 0.6 is 0 Å². The number of rotatable bonds is 5. The van der Waals surface area contributed by atoms with Crippen LogP contribution in [0.5, 0.6) is 0 Å². The van der Waals surface area contributed by atoms with Gasteiger partial charge < -0.3 is 10.0 Å². The zero-order valence-electron chi connectivity index (χ0n) is 10.8. The van der Waals surface area contributed by atoms with Gasteiger partial charge in [0.05, 0.1) is 6.10 Å². The van der Waals surface area contributed by atoms with E-state index in [1.165, 1.54) is 0 Å². The van der Waals surface area contributed by atoms with Gasteiger partial charge >= 0.3 is 0 Å². The summed E-state index contributed by atoms with van der Waals surface area (Å²) in [5.41, 5.74) is 2.18. The summed E-state index contributed by atoms with van der Waals surface area (Å²) in [6.45, 7) is 9.41. The van der Waals surface area contributed by atoms with Gasteiger partial charge in [-0.1, -0.05) is 25.1 Å². The Morgan fingerprint density at radius 3 is 2.31 bits per heavy atom. The van der Waals surface area contributed by atoms with Crippen LogP contribution in [0.2, 0.25) is 0 Å². The van der Waals surface area contributed by atoms with Gasteiger partial charge in [-0.3, -0.25) is 0 Å². The van der Waals surface area contributed by atoms with Gasteiger partial charge in [-0.25, -0.2) is 0 Å². The lowest BCUT2D eigenvalue weighted by Crippen LogP contribution is -2.32. The van der Waals surface area contributed by atoms with E-state index in [0.717, 1.165) is 24.2 Å². The fourth-order valence-electron chi connectivity index (χ4n) is 2.00. The van der Waals surface area contributed by atoms with Gasteiger partial charge in [0.15, 0.2) is 0 Å². The predicted octanol–water partition coefficient (Wildman–Crippen LogP) is 3.36. The van der Waals surface area contributed by atoms with Gasteiger partial charge in [0.1, 0.15) is 0 Å². The highest BCUT2D eigenvalue weighted by Gasteiger charge is 2.15. The molecule has 90 valence electrons. The van der Waals surface area contributed by atoms with E-state index in [1.807, 2.05) is 25.1 Å². The fraction of sp³-hybridized carbons (Fsp3) is 0.571. The van der Waals surface area contributed by atoms with E-state index >= 15 is 0 Å². The topological polar surface area (TPSA) is 23.5 Å². The molecular formula is C14H23NO. The zero-order valence-corrected chi connectivity index (χ0v) is 10.8. The molecule has 0 fully saturated rings. The molecule has 0 saturated heterocycles. The van der Waals surface area contributed by atoms with Gasteiger partial charge in [-0.2, -0.15) is 0 Å². The molecule has 0 aromatic heterocycles. The molecule has 1 atom stereocenters. The van der Waals surface area contributed by atoms with E-state index in [1.54, 1.807) is 0 Å². The van der Waals surface area contributed by atoms with Crippen molar-refractivity contribution in [2.45, 2.75) is 46.3 Å². The first-order valence-corrected chi connectivity index (χ1v) is 6.11. The predicted molar refractivity (Wildman–Crippen MR) is 69.8 cm³/mol. The maximum Gasteiger partial charge on any atom is 0.0781 e. The van der Waals surface area contributed by atoms with Crippen molar-refractivity contribution >= 4 is 5.69 Å². The SMILES string of the molecule is CCCN(c1ccccc1[C@H](C)O)C(C)C. The largest absolute Gasteiger partial charge is 0.389 e. The van der Waals surface area contributed by atoms with Crippen LogP contribution < -0.4 is 4.90 Å². The third kappa shape index (κ3) is 2.99. The molecule has 0 heterocycles. The molecule has 0 unspecified atom stereocenters. The molecule has 0 spiro atoms. The second-order valence-electron chi connectivity index (χ2n) is 4.52. The van der Waals surface area contributed by atoms with E-state index in [2.05, 4.69) is 31.7 Å². The van der Waals surface area contributed by atoms with E-state index < -0.39 is 6.10 Å². The number of para-hydroxylation sites is 1. The first-order valence-electron chi connectivity index (χ1n) is 6.11. The van der Waals surface area contributed by atoms with Gasteiger partial charge in [0.2, 0.25) is 0 Å². The lowest BCUT2D eigenvalue weighted by molar-refractivity contribution is 0.199. The summed E-state index contributed by atoms with van der Waals surface area (Å²) >= 11 is 0. The summed E-state index contributed by atoms with van der Waals surface area (Å²) in [5, 5.41) is 9.78. The van der Waals surface area contributed by atoms with E-state index in [9.17, 15) is 5.11 Å². The molecule has 1 aromatic carbocycles. The van der Waals surface area contributed by atoms with Crippen molar-refractivity contribution in [2.24, 2.45) is 0 Å². The number of aliphatic hydroxyl groups is 1. The van der Waals surface area contributed by atoms with Crippen molar-refractivity contribution in [3.05, 3.63) is 29.8 Å². The highest BCUT2D eigenvalue weighted by Crippen LogP contribution is 2.27. The summed E-state index contributed by atoms with van der Waals surface area (Å²) in [6.07, 6.45) is 0.709. The second kappa shape index (κ2) is 5.90. The average Bonchev–Trinajstić information content (AvgIpc) is 2.25. The first-order chi connectivity index (χ1) is 7.57. The van der Waals surface area contributed by atoms with Gasteiger partial charge in [0.25, 0.3) is 0 Å². The Bertz CT molecular complexity index is 320. The van der Waals surface area contributed by atoms with Crippen molar-refractivity contribution in [3.63, 3.8) is 0 Å². The number of hydrogen-bond acceptors (Lipinski definition) is 2. The van der Waals surface area contributed by atoms with Crippen LogP contribution in [-0.2, 0) is 0 Å². The van der Waals surface area contributed by atoms with Crippen LogP contribution in [-0.4, -0.2) is 17.7 Å². The summed E-state index contributed by atoms with van der Waals surface area (Å²) < 4.78 is 0. The van der Waals surface area contributed by atoms with Crippen LogP contribution in [0.15, 0.2) is 24.3 Å². The Balaban J connectivity index is 3.07. The monoisotopic (exact) mass is 221 g/mol. The first kappa shape index (κ1) is 13.0. The van der Waals surface area contributed by atoms with Crippen molar-refractivity contribution in [2.75, 3.05) is 11.4 Å². The van der Waals surface area contributed by atoms with Gasteiger partial charge in [-0.15, -0.1) is 0 Å². The van der Waals surface area contributed by atoms with Crippen molar-refractivity contribution in [3.8, 4) is 0 Å². The van der Waals surface area contributed by atoms with E-state index in [0.29, 0.717) is 6.04 Å². The molecule has 2 nitrogen and oxygen atoms in total. The molecule has 1 rings (SSSR count). The summed E-state index contributed by atoms with van der Waals surface area (Å²) in [4.78, 5) is 2.35. The van der Waals surface area contributed by atoms with Crippen LogP contribution in [0.25, 0.3) is 0 Å². The molecule has 0 amide bonds. The molecule has 0 radical (unpaired) electrons. The molecule has 1 aromatic rings. The van der Waals surface area contributed by atoms with Crippen LogP contribution in [0, 0.1) is 0 Å². The molecule has 0 saturated carbocycles. The molecular weight excluding hydrogens is 198 g/mol. The van der Waals surface area contributed by atoms with Gasteiger partial charge in [0, 0.05) is 23.8 Å². The van der Waals surface area contributed by atoms with E-state index in [-0.39, 0.29) is 0 Å². The molecule has 16 heavy (non-hydrogen) atoms. The highest BCUT2D eigenvalue weighted by atomic mass is 16.3. The third-order valence-corrected chi connectivity index (χ3v) is 2.78. The lowest BCUT2D eigenvalue weighted by atomic mass is 10.1. The molecule has 0 bridgehead atoms. The van der Waals surface area contributed by atoms with Crippen LogP contribution in [0.3, 0.4) is 0 Å². The fourth-order valence-corrected chi connectivity index (χ4v) is 2.00. The Morgan fingerprint density at radius 2 is 1.81 bits per heavy atom. The summed E-state index contributed by atoms with van der Waals surface area (Å²) in [6, 6.07) is 8.57. The number of nitrogens with zero attached hydrogens (tertiary/aromatic N) is 1. The molecule has 0 aliphatic rings. The number of aliphatic hydroxyl groups excluding tert-OH is 1. The van der Waals surface area contributed by atoms with Gasteiger partial charge in [-0.05, 0) is 33.3 Å². The molecule has 1 N–H and O–H groups in total. The standard InChI is InChI=1S/C14H23NO/c1-5-10-15(11(2)3)14-9-7-6-8-13(14)12(4)16/h6-9,11-12,16H,5,10H2,1-4H3/t12-/m0/s1. The Morgan fingerprint density at radius 1 is 1.19 bits per heavy atom. The normalized spacial score (nSPS) is 12.9. The Labute approximate surface area is 98.9 Å². The zero-order chi connectivity index (χ0) is 12.1. The third-order valence-electron chi connectivity index (χ3n) is 2.78. The summed E-state index contributed by atoms with van der Waals surface area (Å²) in [7, 11) is 0. The maximum absolute atomic E-state index is 9.78. The summed E-state index contributed by atoms with van der Waals surface area (Å²) in [5.74, 6) is 0. The minimum atomic E-state index is -0.408.